The normalized spacial score (nSPS) is 10.7. The molecule has 28 heavy (non-hydrogen) atoms. The summed E-state index contributed by atoms with van der Waals surface area (Å²) in [6.45, 7) is 4.57. The van der Waals surface area contributed by atoms with Gasteiger partial charge in [0.1, 0.15) is 5.75 Å². The molecule has 148 valence electrons. The molecule has 6 nitrogen and oxygen atoms in total. The molecular formula is C21H24ClN3O3. The van der Waals surface area contributed by atoms with Gasteiger partial charge >= 0.3 is 0 Å². The molecule has 0 fully saturated rings. The molecule has 0 aromatic heterocycles. The summed E-state index contributed by atoms with van der Waals surface area (Å²) >= 11 is 6.03. The topological polar surface area (TPSA) is 79.8 Å². The fourth-order valence-electron chi connectivity index (χ4n) is 2.26. The maximum Gasteiger partial charge on any atom is 0.240 e. The molecule has 0 aliphatic heterocycles. The van der Waals surface area contributed by atoms with E-state index in [1.54, 1.807) is 12.1 Å². The summed E-state index contributed by atoms with van der Waals surface area (Å²) in [5.74, 6) is 0.150. The zero-order valence-corrected chi connectivity index (χ0v) is 16.8. The maximum atomic E-state index is 11.9. The molecule has 0 aliphatic carbocycles. The number of nitrogens with zero attached hydrogens (tertiary/aromatic N) is 1. The molecule has 0 radical (unpaired) electrons. The van der Waals surface area contributed by atoms with Gasteiger partial charge in [0, 0.05) is 23.6 Å². The van der Waals surface area contributed by atoms with Crippen LogP contribution in [0.1, 0.15) is 37.3 Å². The van der Waals surface area contributed by atoms with E-state index in [0.717, 1.165) is 23.3 Å². The highest BCUT2D eigenvalue weighted by Gasteiger charge is 2.07. The molecular weight excluding hydrogens is 378 g/mol. The highest BCUT2D eigenvalue weighted by Crippen LogP contribution is 2.20. The molecule has 2 rings (SSSR count). The average Bonchev–Trinajstić information content (AvgIpc) is 2.68. The number of hydrazone groups is 1. The number of benzene rings is 2. The maximum absolute atomic E-state index is 11.9. The summed E-state index contributed by atoms with van der Waals surface area (Å²) in [4.78, 5) is 23.8. The van der Waals surface area contributed by atoms with Crippen molar-refractivity contribution < 1.29 is 14.3 Å². The first-order valence-corrected chi connectivity index (χ1v) is 9.46. The van der Waals surface area contributed by atoms with Gasteiger partial charge in [-0.25, -0.2) is 5.43 Å². The van der Waals surface area contributed by atoms with Gasteiger partial charge in [-0.15, -0.1) is 0 Å². The Hall–Kier alpha value is -2.86. The second kappa shape index (κ2) is 11.1. The van der Waals surface area contributed by atoms with Crippen molar-refractivity contribution in [2.24, 2.45) is 5.10 Å². The quantitative estimate of drug-likeness (QED) is 0.485. The van der Waals surface area contributed by atoms with Crippen LogP contribution in [0.3, 0.4) is 0 Å². The largest absolute Gasteiger partial charge is 0.494 e. The van der Waals surface area contributed by atoms with E-state index in [1.165, 1.54) is 6.21 Å². The molecule has 2 aromatic rings. The van der Waals surface area contributed by atoms with Gasteiger partial charge in [-0.05, 0) is 48.7 Å². The van der Waals surface area contributed by atoms with Crippen molar-refractivity contribution in [3.8, 4) is 5.75 Å². The summed E-state index contributed by atoms with van der Waals surface area (Å²) < 4.78 is 5.55. The molecule has 0 bridgehead atoms. The number of nitrogens with one attached hydrogen (secondary N) is 2. The summed E-state index contributed by atoms with van der Waals surface area (Å²) in [5, 5.41) is 7.21. The highest BCUT2D eigenvalue weighted by molar-refractivity contribution is 6.31. The summed E-state index contributed by atoms with van der Waals surface area (Å²) in [5.41, 5.74) is 4.76. The standard InChI is InChI=1S/C21H24ClN3O3/c1-3-11-28-18-6-4-5-16(12-18)14-23-25-21(27)10-9-20(26)24-17-8-7-15(2)19(22)13-17/h4-8,12-14H,3,9-11H2,1-2H3,(H,24,26)(H,25,27). The smallest absolute Gasteiger partial charge is 0.240 e. The zero-order valence-electron chi connectivity index (χ0n) is 16.0. The lowest BCUT2D eigenvalue weighted by Gasteiger charge is -2.06. The van der Waals surface area contributed by atoms with Crippen LogP contribution >= 0.6 is 11.6 Å². The van der Waals surface area contributed by atoms with E-state index in [9.17, 15) is 9.59 Å². The number of hydrogen-bond donors (Lipinski definition) is 2. The van der Waals surface area contributed by atoms with E-state index in [1.807, 2.05) is 44.2 Å². The Morgan fingerprint density at radius 1 is 1.14 bits per heavy atom. The van der Waals surface area contributed by atoms with Crippen LogP contribution < -0.4 is 15.5 Å². The molecule has 7 heteroatoms. The van der Waals surface area contributed by atoms with Crippen LogP contribution in [0.5, 0.6) is 5.75 Å². The van der Waals surface area contributed by atoms with Crippen molar-refractivity contribution in [1.82, 2.24) is 5.43 Å². The average molecular weight is 402 g/mol. The number of amides is 2. The number of halogens is 1. The predicted molar refractivity (Wildman–Crippen MR) is 112 cm³/mol. The lowest BCUT2D eigenvalue weighted by atomic mass is 10.2. The Morgan fingerprint density at radius 2 is 1.93 bits per heavy atom. The Labute approximate surface area is 169 Å². The molecule has 0 saturated carbocycles. The van der Waals surface area contributed by atoms with Crippen LogP contribution in [0.25, 0.3) is 0 Å². The number of ether oxygens (including phenoxy) is 1. The van der Waals surface area contributed by atoms with E-state index < -0.39 is 0 Å². The summed E-state index contributed by atoms with van der Waals surface area (Å²) in [6, 6.07) is 12.7. The number of aryl methyl sites for hydroxylation is 1. The van der Waals surface area contributed by atoms with E-state index in [2.05, 4.69) is 15.8 Å². The van der Waals surface area contributed by atoms with E-state index in [-0.39, 0.29) is 24.7 Å². The van der Waals surface area contributed by atoms with E-state index in [0.29, 0.717) is 17.3 Å². The van der Waals surface area contributed by atoms with Gasteiger partial charge in [-0.2, -0.15) is 5.10 Å². The van der Waals surface area contributed by atoms with Crippen molar-refractivity contribution >= 4 is 35.3 Å². The number of anilines is 1. The molecule has 0 atom stereocenters. The fourth-order valence-corrected chi connectivity index (χ4v) is 2.44. The lowest BCUT2D eigenvalue weighted by molar-refractivity contribution is -0.124. The number of carbonyl (C=O) groups is 2. The van der Waals surface area contributed by atoms with Gasteiger partial charge in [-0.1, -0.05) is 36.7 Å². The van der Waals surface area contributed by atoms with Crippen molar-refractivity contribution in [3.05, 3.63) is 58.6 Å². The minimum Gasteiger partial charge on any atom is -0.494 e. The number of carbonyl (C=O) groups excluding carboxylic acids is 2. The van der Waals surface area contributed by atoms with Gasteiger partial charge in [0.05, 0.1) is 12.8 Å². The van der Waals surface area contributed by atoms with Crippen LogP contribution in [0, 0.1) is 6.92 Å². The zero-order chi connectivity index (χ0) is 20.4. The molecule has 0 aliphatic rings. The number of rotatable bonds is 9. The second-order valence-corrected chi connectivity index (χ2v) is 6.63. The monoisotopic (exact) mass is 401 g/mol. The molecule has 0 heterocycles. The molecule has 0 saturated heterocycles. The van der Waals surface area contributed by atoms with E-state index >= 15 is 0 Å². The Bertz CT molecular complexity index is 853. The van der Waals surface area contributed by atoms with Gasteiger partial charge < -0.3 is 10.1 Å². The van der Waals surface area contributed by atoms with Gasteiger partial charge in [-0.3, -0.25) is 9.59 Å². The molecule has 0 spiro atoms. The van der Waals surface area contributed by atoms with Crippen LogP contribution in [-0.2, 0) is 9.59 Å². The third-order valence-corrected chi connectivity index (χ3v) is 4.18. The minimum absolute atomic E-state index is 0.0302. The van der Waals surface area contributed by atoms with E-state index in [4.69, 9.17) is 16.3 Å². The Morgan fingerprint density at radius 3 is 2.68 bits per heavy atom. The van der Waals surface area contributed by atoms with Crippen LogP contribution in [0.4, 0.5) is 5.69 Å². The van der Waals surface area contributed by atoms with Crippen molar-refractivity contribution in [3.63, 3.8) is 0 Å². The first-order valence-electron chi connectivity index (χ1n) is 9.08. The van der Waals surface area contributed by atoms with Gasteiger partial charge in [0.15, 0.2) is 0 Å². The SMILES string of the molecule is CCCOc1cccc(C=NNC(=O)CCC(=O)Nc2ccc(C)c(Cl)c2)c1. The third kappa shape index (κ3) is 7.40. The van der Waals surface area contributed by atoms with Crippen molar-refractivity contribution in [2.45, 2.75) is 33.1 Å². The van der Waals surface area contributed by atoms with Crippen LogP contribution in [0.15, 0.2) is 47.6 Å². The van der Waals surface area contributed by atoms with Gasteiger partial charge in [0.2, 0.25) is 11.8 Å². The third-order valence-electron chi connectivity index (χ3n) is 3.77. The molecule has 2 aromatic carbocycles. The summed E-state index contributed by atoms with van der Waals surface area (Å²) in [7, 11) is 0. The van der Waals surface area contributed by atoms with Crippen LogP contribution in [0.2, 0.25) is 5.02 Å². The van der Waals surface area contributed by atoms with Crippen molar-refractivity contribution in [2.75, 3.05) is 11.9 Å². The predicted octanol–water partition coefficient (Wildman–Crippen LogP) is 4.31. The molecule has 0 unspecified atom stereocenters. The highest BCUT2D eigenvalue weighted by atomic mass is 35.5. The second-order valence-electron chi connectivity index (χ2n) is 6.23. The Kier molecular flexibility index (Phi) is 8.49. The first kappa shape index (κ1) is 21.4. The number of hydrogen-bond acceptors (Lipinski definition) is 4. The molecule has 2 N–H and O–H groups in total. The summed E-state index contributed by atoms with van der Waals surface area (Å²) in [6.07, 6.45) is 2.54. The first-order chi connectivity index (χ1) is 13.5. The Balaban J connectivity index is 1.75. The molecule has 2 amide bonds. The minimum atomic E-state index is -0.341. The fraction of sp³-hybridized carbons (Fsp3) is 0.286. The lowest BCUT2D eigenvalue weighted by Crippen LogP contribution is -2.20. The van der Waals surface area contributed by atoms with Crippen molar-refractivity contribution in [1.29, 1.82) is 0 Å². The van der Waals surface area contributed by atoms with Gasteiger partial charge in [0.25, 0.3) is 0 Å². The van der Waals surface area contributed by atoms with Crippen LogP contribution in [-0.4, -0.2) is 24.6 Å².